The third kappa shape index (κ3) is 2.98. The van der Waals surface area contributed by atoms with Gasteiger partial charge < -0.3 is 14.5 Å². The van der Waals surface area contributed by atoms with Crippen LogP contribution in [0.3, 0.4) is 0 Å². The van der Waals surface area contributed by atoms with Crippen LogP contribution in [0.5, 0.6) is 5.75 Å². The molecule has 2 aromatic carbocycles. The Labute approximate surface area is 163 Å². The summed E-state index contributed by atoms with van der Waals surface area (Å²) in [5.41, 5.74) is 5.17. The zero-order valence-electron chi connectivity index (χ0n) is 15.7. The Morgan fingerprint density at radius 2 is 2.04 bits per heavy atom. The number of likely N-dealkylation sites (N-methyl/N-ethyl adjacent to an activating group) is 1. The van der Waals surface area contributed by atoms with Gasteiger partial charge in [0.05, 0.1) is 0 Å². The molecule has 0 fully saturated rings. The number of nitrogens with zero attached hydrogens (tertiary/aromatic N) is 1. The second kappa shape index (κ2) is 6.84. The Balaban J connectivity index is 1.35. The highest BCUT2D eigenvalue weighted by Gasteiger charge is 2.33. The average Bonchev–Trinajstić information content (AvgIpc) is 3.12. The number of fused-ring (bicyclic) bond motifs is 2. The van der Waals surface area contributed by atoms with Gasteiger partial charge in [-0.2, -0.15) is 0 Å². The minimum atomic E-state index is -0.659. The molecule has 2 aliphatic rings. The maximum atomic E-state index is 12.0. The molecule has 1 aromatic heterocycles. The van der Waals surface area contributed by atoms with Gasteiger partial charge in [-0.15, -0.1) is 0 Å². The molecule has 0 bridgehead atoms. The molecule has 0 radical (unpaired) electrons. The maximum absolute atomic E-state index is 12.0. The van der Waals surface area contributed by atoms with Crippen LogP contribution < -0.4 is 4.74 Å². The molecular weight excluding hydrogens is 352 g/mol. The van der Waals surface area contributed by atoms with Gasteiger partial charge >= 0.3 is 6.16 Å². The summed E-state index contributed by atoms with van der Waals surface area (Å²) in [7, 11) is 2.14. The van der Waals surface area contributed by atoms with Gasteiger partial charge in [0.15, 0.2) is 0 Å². The van der Waals surface area contributed by atoms with Crippen molar-refractivity contribution in [2.24, 2.45) is 5.92 Å². The van der Waals surface area contributed by atoms with Crippen molar-refractivity contribution in [2.75, 3.05) is 20.2 Å². The quantitative estimate of drug-likeness (QED) is 0.550. The van der Waals surface area contributed by atoms with E-state index in [1.54, 1.807) is 12.1 Å². The first-order valence-electron chi connectivity index (χ1n) is 9.60. The number of hydrogen-bond acceptors (Lipinski definition) is 4. The summed E-state index contributed by atoms with van der Waals surface area (Å²) in [4.78, 5) is 17.8. The number of para-hydroxylation sites is 1. The Hall–Kier alpha value is -3.05. The van der Waals surface area contributed by atoms with Crippen molar-refractivity contribution in [1.29, 1.82) is 0 Å². The van der Waals surface area contributed by atoms with Gasteiger partial charge in [0, 0.05) is 35.6 Å². The molecule has 1 aliphatic heterocycles. The van der Waals surface area contributed by atoms with Crippen molar-refractivity contribution in [3.8, 4) is 5.75 Å². The monoisotopic (exact) mass is 374 g/mol. The highest BCUT2D eigenvalue weighted by molar-refractivity contribution is 5.98. The lowest BCUT2D eigenvalue weighted by Crippen LogP contribution is -2.43. The summed E-state index contributed by atoms with van der Waals surface area (Å²) in [5, 5.41) is 1.32. The van der Waals surface area contributed by atoms with E-state index < -0.39 is 6.16 Å². The van der Waals surface area contributed by atoms with Crippen LogP contribution in [0.15, 0.2) is 60.8 Å². The minimum absolute atomic E-state index is 0.135. The molecule has 1 aliphatic carbocycles. The van der Waals surface area contributed by atoms with E-state index in [2.05, 4.69) is 47.4 Å². The predicted molar refractivity (Wildman–Crippen MR) is 108 cm³/mol. The molecular formula is C23H22N2O3. The number of carbonyl (C=O) groups is 1. The van der Waals surface area contributed by atoms with Crippen LogP contribution in [0, 0.1) is 5.92 Å². The van der Waals surface area contributed by atoms with Crippen molar-refractivity contribution < 1.29 is 14.3 Å². The minimum Gasteiger partial charge on any atom is -0.433 e. The van der Waals surface area contributed by atoms with Crippen molar-refractivity contribution in [1.82, 2.24) is 9.88 Å². The second-order valence-electron chi connectivity index (χ2n) is 7.56. The standard InChI is InChI=1S/C23H22N2O3/c1-25-13-15(14-27-23(26)28-17-6-3-2-4-7-17)10-19-18-8-5-9-20-22(18)16(12-24-20)11-21(19)25/h2-10,12,15,21,24H,11,13-14H2,1H3/t15-,21-/m1/s1. The molecule has 0 amide bonds. The normalized spacial score (nSPS) is 21.1. The Bertz CT molecular complexity index is 1050. The molecule has 2 heterocycles. The smallest absolute Gasteiger partial charge is 0.433 e. The number of H-pyrrole nitrogens is 1. The number of aromatic nitrogens is 1. The van der Waals surface area contributed by atoms with Crippen molar-refractivity contribution in [2.45, 2.75) is 12.5 Å². The summed E-state index contributed by atoms with van der Waals surface area (Å²) in [5.74, 6) is 0.626. The van der Waals surface area contributed by atoms with Gasteiger partial charge in [0.2, 0.25) is 0 Å². The molecule has 5 nitrogen and oxygen atoms in total. The van der Waals surface area contributed by atoms with E-state index in [1.807, 2.05) is 18.2 Å². The van der Waals surface area contributed by atoms with Crippen LogP contribution in [-0.2, 0) is 11.2 Å². The fourth-order valence-corrected chi connectivity index (χ4v) is 4.44. The van der Waals surface area contributed by atoms with Gasteiger partial charge in [-0.1, -0.05) is 36.4 Å². The lowest BCUT2D eigenvalue weighted by molar-refractivity contribution is 0.0815. The average molecular weight is 374 g/mol. The number of benzene rings is 2. The van der Waals surface area contributed by atoms with Crippen LogP contribution in [-0.4, -0.2) is 42.3 Å². The first-order chi connectivity index (χ1) is 13.7. The van der Waals surface area contributed by atoms with E-state index >= 15 is 0 Å². The summed E-state index contributed by atoms with van der Waals surface area (Å²) in [6.07, 6.45) is 4.76. The van der Waals surface area contributed by atoms with Crippen molar-refractivity contribution in [3.05, 3.63) is 71.9 Å². The van der Waals surface area contributed by atoms with Gasteiger partial charge in [0.1, 0.15) is 12.4 Å². The molecule has 2 atom stereocenters. The topological polar surface area (TPSA) is 54.6 Å². The van der Waals surface area contributed by atoms with Crippen LogP contribution in [0.2, 0.25) is 0 Å². The number of ether oxygens (including phenoxy) is 2. The number of rotatable bonds is 3. The van der Waals surface area contributed by atoms with E-state index in [0.29, 0.717) is 18.4 Å². The van der Waals surface area contributed by atoms with Crippen LogP contribution >= 0.6 is 0 Å². The van der Waals surface area contributed by atoms with Crippen LogP contribution in [0.25, 0.3) is 16.5 Å². The molecule has 1 N–H and O–H groups in total. The van der Waals surface area contributed by atoms with E-state index in [1.165, 1.54) is 27.6 Å². The molecule has 142 valence electrons. The summed E-state index contributed by atoms with van der Waals surface area (Å²) < 4.78 is 10.6. The van der Waals surface area contributed by atoms with Gasteiger partial charge in [-0.05, 0) is 48.4 Å². The van der Waals surface area contributed by atoms with Crippen LogP contribution in [0.1, 0.15) is 11.1 Å². The first-order valence-corrected chi connectivity index (χ1v) is 9.60. The van der Waals surface area contributed by atoms with Crippen molar-refractivity contribution >= 4 is 22.6 Å². The molecule has 0 unspecified atom stereocenters. The van der Waals surface area contributed by atoms with E-state index in [0.717, 1.165) is 13.0 Å². The summed E-state index contributed by atoms with van der Waals surface area (Å²) in [6, 6.07) is 15.8. The van der Waals surface area contributed by atoms with Crippen LogP contribution in [0.4, 0.5) is 4.79 Å². The van der Waals surface area contributed by atoms with E-state index in [-0.39, 0.29) is 5.92 Å². The number of aromatic amines is 1. The number of hydrogen-bond donors (Lipinski definition) is 1. The highest BCUT2D eigenvalue weighted by atomic mass is 16.7. The first kappa shape index (κ1) is 17.1. The zero-order valence-corrected chi connectivity index (χ0v) is 15.7. The number of carbonyl (C=O) groups excluding carboxylic acids is 1. The summed E-state index contributed by atoms with van der Waals surface area (Å²) >= 11 is 0. The predicted octanol–water partition coefficient (Wildman–Crippen LogP) is 4.25. The third-order valence-corrected chi connectivity index (χ3v) is 5.70. The van der Waals surface area contributed by atoms with Gasteiger partial charge in [-0.25, -0.2) is 4.79 Å². The second-order valence-corrected chi connectivity index (χ2v) is 7.56. The highest BCUT2D eigenvalue weighted by Crippen LogP contribution is 2.40. The molecule has 28 heavy (non-hydrogen) atoms. The van der Waals surface area contributed by atoms with Gasteiger partial charge in [0.25, 0.3) is 0 Å². The molecule has 5 heteroatoms. The van der Waals surface area contributed by atoms with E-state index in [4.69, 9.17) is 9.47 Å². The lowest BCUT2D eigenvalue weighted by atomic mass is 9.80. The lowest BCUT2D eigenvalue weighted by Gasteiger charge is -2.39. The number of nitrogens with one attached hydrogen (secondary N) is 1. The zero-order chi connectivity index (χ0) is 19.1. The fourth-order valence-electron chi connectivity index (χ4n) is 4.44. The molecule has 3 aromatic rings. The Kier molecular flexibility index (Phi) is 4.17. The SMILES string of the molecule is CN1C[C@H](COC(=O)Oc2ccccc2)C=C2c3cccc4[nH]cc(c34)C[C@H]21. The molecule has 0 saturated carbocycles. The third-order valence-electron chi connectivity index (χ3n) is 5.70. The van der Waals surface area contributed by atoms with Crippen molar-refractivity contribution in [3.63, 3.8) is 0 Å². The van der Waals surface area contributed by atoms with E-state index in [9.17, 15) is 4.79 Å². The van der Waals surface area contributed by atoms with Gasteiger partial charge in [-0.3, -0.25) is 4.90 Å². The molecule has 5 rings (SSSR count). The maximum Gasteiger partial charge on any atom is 0.513 e. The molecule has 0 saturated heterocycles. The Morgan fingerprint density at radius 3 is 2.89 bits per heavy atom. The Morgan fingerprint density at radius 1 is 1.18 bits per heavy atom. The summed E-state index contributed by atoms with van der Waals surface area (Å²) in [6.45, 7) is 1.16. The fraction of sp³-hybridized carbons (Fsp3) is 0.261. The molecule has 0 spiro atoms. The largest absolute Gasteiger partial charge is 0.513 e.